The van der Waals surface area contributed by atoms with Crippen LogP contribution < -0.4 is 4.74 Å². The maximum Gasteiger partial charge on any atom is 0.255 e. The van der Waals surface area contributed by atoms with E-state index in [4.69, 9.17) is 10.1 Å². The van der Waals surface area contributed by atoms with Gasteiger partial charge in [-0.2, -0.15) is 0 Å². The molecular weight excluding hydrogens is 330 g/mol. The van der Waals surface area contributed by atoms with Crippen LogP contribution in [0.15, 0.2) is 48.5 Å². The monoisotopic (exact) mass is 353 g/mol. The highest BCUT2D eigenvalue weighted by atomic mass is 16.5. The van der Waals surface area contributed by atoms with Crippen molar-refractivity contribution >= 4 is 11.9 Å². The van der Waals surface area contributed by atoms with E-state index in [0.717, 1.165) is 16.9 Å². The van der Waals surface area contributed by atoms with Crippen LogP contribution in [0.3, 0.4) is 0 Å². The fourth-order valence-corrected chi connectivity index (χ4v) is 3.46. The number of methoxy groups -OCH3 is 1. The Labute approximate surface area is 153 Å². The highest BCUT2D eigenvalue weighted by Crippen LogP contribution is 2.33. The average molecular weight is 353 g/mol. The van der Waals surface area contributed by atoms with Gasteiger partial charge < -0.3 is 14.7 Å². The second kappa shape index (κ2) is 6.71. The van der Waals surface area contributed by atoms with Crippen molar-refractivity contribution in [3.63, 3.8) is 0 Å². The zero-order valence-corrected chi connectivity index (χ0v) is 15.2. The van der Waals surface area contributed by atoms with Crippen molar-refractivity contribution in [1.82, 2.24) is 9.80 Å². The van der Waals surface area contributed by atoms with Gasteiger partial charge in [0.05, 0.1) is 7.11 Å². The first kappa shape index (κ1) is 17.8. The van der Waals surface area contributed by atoms with E-state index in [2.05, 4.69) is 0 Å². The third-order valence-corrected chi connectivity index (χ3v) is 5.07. The second-order valence-electron chi connectivity index (χ2n) is 6.65. The topological polar surface area (TPSA) is 76.9 Å². The summed E-state index contributed by atoms with van der Waals surface area (Å²) in [5.41, 5.74) is 1.05. The Balaban J connectivity index is 1.99. The summed E-state index contributed by atoms with van der Waals surface area (Å²) in [4.78, 5) is 16.3. The van der Waals surface area contributed by atoms with Crippen LogP contribution in [-0.4, -0.2) is 53.5 Å². The predicted molar refractivity (Wildman–Crippen MR) is 99.5 cm³/mol. The minimum atomic E-state index is -0.878. The van der Waals surface area contributed by atoms with Crippen molar-refractivity contribution < 1.29 is 14.6 Å². The Morgan fingerprint density at radius 1 is 1.00 bits per heavy atom. The average Bonchev–Trinajstić information content (AvgIpc) is 2.80. The van der Waals surface area contributed by atoms with E-state index < -0.39 is 5.54 Å². The number of guanidine groups is 1. The van der Waals surface area contributed by atoms with E-state index in [1.165, 1.54) is 4.90 Å². The Morgan fingerprint density at radius 3 is 1.92 bits per heavy atom. The van der Waals surface area contributed by atoms with Gasteiger partial charge in [-0.3, -0.25) is 15.1 Å². The normalized spacial score (nSPS) is 20.0. The number of carbonyl (C=O) groups is 1. The van der Waals surface area contributed by atoms with Crippen molar-refractivity contribution in [3.8, 4) is 11.5 Å². The molecule has 0 aliphatic carbocycles. The van der Waals surface area contributed by atoms with E-state index in [9.17, 15) is 9.90 Å². The van der Waals surface area contributed by atoms with Gasteiger partial charge in [-0.05, 0) is 35.4 Å². The van der Waals surface area contributed by atoms with Crippen molar-refractivity contribution in [2.24, 2.45) is 0 Å². The van der Waals surface area contributed by atoms with Crippen LogP contribution in [-0.2, 0) is 17.6 Å². The second-order valence-corrected chi connectivity index (χ2v) is 6.65. The molecule has 1 aliphatic rings. The Morgan fingerprint density at radius 2 is 1.50 bits per heavy atom. The summed E-state index contributed by atoms with van der Waals surface area (Å²) in [6.07, 6.45) is 0.918. The van der Waals surface area contributed by atoms with Gasteiger partial charge in [0.25, 0.3) is 5.91 Å². The molecule has 1 amide bonds. The van der Waals surface area contributed by atoms with E-state index in [0.29, 0.717) is 12.8 Å². The highest BCUT2D eigenvalue weighted by Gasteiger charge is 2.52. The molecule has 0 aromatic heterocycles. The minimum Gasteiger partial charge on any atom is -0.508 e. The molecule has 6 heteroatoms. The molecule has 0 spiro atoms. The van der Waals surface area contributed by atoms with Gasteiger partial charge in [-0.1, -0.05) is 24.3 Å². The van der Waals surface area contributed by atoms with Gasteiger partial charge in [-0.15, -0.1) is 0 Å². The zero-order chi connectivity index (χ0) is 18.9. The van der Waals surface area contributed by atoms with Crippen LogP contribution in [0.5, 0.6) is 11.5 Å². The molecule has 1 unspecified atom stereocenters. The van der Waals surface area contributed by atoms with Crippen molar-refractivity contribution in [3.05, 3.63) is 59.7 Å². The quantitative estimate of drug-likeness (QED) is 0.864. The number of benzene rings is 2. The lowest BCUT2D eigenvalue weighted by atomic mass is 9.83. The number of carbonyl (C=O) groups excluding carboxylic acids is 1. The fourth-order valence-electron chi connectivity index (χ4n) is 3.46. The van der Waals surface area contributed by atoms with E-state index in [1.807, 2.05) is 36.4 Å². The number of phenols is 1. The van der Waals surface area contributed by atoms with Crippen molar-refractivity contribution in [2.75, 3.05) is 21.2 Å². The summed E-state index contributed by atoms with van der Waals surface area (Å²) >= 11 is 0. The van der Waals surface area contributed by atoms with Gasteiger partial charge in [0.2, 0.25) is 5.96 Å². The predicted octanol–water partition coefficient (Wildman–Crippen LogP) is 2.26. The first-order valence-corrected chi connectivity index (χ1v) is 8.39. The van der Waals surface area contributed by atoms with Crippen LogP contribution in [0.25, 0.3) is 0 Å². The van der Waals surface area contributed by atoms with Crippen LogP contribution in [0.4, 0.5) is 0 Å². The summed E-state index contributed by atoms with van der Waals surface area (Å²) in [5, 5.41) is 17.8. The highest BCUT2D eigenvalue weighted by molar-refractivity contribution is 6.07. The van der Waals surface area contributed by atoms with E-state index in [-0.39, 0.29) is 17.6 Å². The molecule has 3 rings (SSSR count). The Bertz CT molecular complexity index is 817. The standard InChI is InChI=1S/C20H23N3O3/c1-22-18(25)20(23(2)19(22)21,12-14-4-8-16(24)9-5-14)13-15-6-10-17(26-3)11-7-15/h4-11,21,24H,12-13H2,1-3H3. The van der Waals surface area contributed by atoms with Crippen LogP contribution >= 0.6 is 0 Å². The first-order chi connectivity index (χ1) is 12.4. The first-order valence-electron chi connectivity index (χ1n) is 8.39. The molecule has 0 radical (unpaired) electrons. The molecule has 0 bridgehead atoms. The fraction of sp³-hybridized carbons (Fsp3) is 0.300. The van der Waals surface area contributed by atoms with Gasteiger partial charge in [0.15, 0.2) is 0 Å². The number of aromatic hydroxyl groups is 1. The van der Waals surface area contributed by atoms with Gasteiger partial charge in [-0.25, -0.2) is 0 Å². The van der Waals surface area contributed by atoms with Gasteiger partial charge >= 0.3 is 0 Å². The van der Waals surface area contributed by atoms with Gasteiger partial charge in [0, 0.05) is 26.9 Å². The van der Waals surface area contributed by atoms with Crippen molar-refractivity contribution in [1.29, 1.82) is 5.41 Å². The van der Waals surface area contributed by atoms with Gasteiger partial charge in [0.1, 0.15) is 17.0 Å². The Kier molecular flexibility index (Phi) is 4.59. The number of nitrogens with zero attached hydrogens (tertiary/aromatic N) is 2. The lowest BCUT2D eigenvalue weighted by Gasteiger charge is -2.34. The number of hydrogen-bond donors (Lipinski definition) is 2. The lowest BCUT2D eigenvalue weighted by molar-refractivity contribution is -0.132. The SMILES string of the molecule is COc1ccc(CC2(Cc3ccc(O)cc3)C(=O)N(C)C(=N)N2C)cc1. The summed E-state index contributed by atoms with van der Waals surface area (Å²) in [6.45, 7) is 0. The number of amides is 1. The number of likely N-dealkylation sites (N-methyl/N-ethyl adjacent to an activating group) is 2. The minimum absolute atomic E-state index is 0.103. The third kappa shape index (κ3) is 2.98. The molecule has 1 aliphatic heterocycles. The number of phenolic OH excluding ortho intramolecular Hbond substituents is 1. The van der Waals surface area contributed by atoms with Crippen molar-refractivity contribution in [2.45, 2.75) is 18.4 Å². The largest absolute Gasteiger partial charge is 0.508 e. The lowest BCUT2D eigenvalue weighted by Crippen LogP contribution is -2.51. The maximum absolute atomic E-state index is 13.1. The molecule has 1 fully saturated rings. The van der Waals surface area contributed by atoms with Crippen LogP contribution in [0, 0.1) is 5.41 Å². The molecule has 1 atom stereocenters. The molecule has 6 nitrogen and oxygen atoms in total. The summed E-state index contributed by atoms with van der Waals surface area (Å²) < 4.78 is 5.20. The molecule has 26 heavy (non-hydrogen) atoms. The molecule has 2 aromatic rings. The molecule has 1 heterocycles. The van der Waals surface area contributed by atoms with Crippen LogP contribution in [0.2, 0.25) is 0 Å². The van der Waals surface area contributed by atoms with Crippen LogP contribution in [0.1, 0.15) is 11.1 Å². The van der Waals surface area contributed by atoms with E-state index >= 15 is 0 Å². The molecule has 2 N–H and O–H groups in total. The molecule has 0 saturated carbocycles. The molecular formula is C20H23N3O3. The summed E-state index contributed by atoms with van der Waals surface area (Å²) in [7, 11) is 5.04. The summed E-state index contributed by atoms with van der Waals surface area (Å²) in [5.74, 6) is 1.03. The zero-order valence-electron chi connectivity index (χ0n) is 15.2. The number of hydrogen-bond acceptors (Lipinski definition) is 4. The Hall–Kier alpha value is -3.02. The molecule has 136 valence electrons. The maximum atomic E-state index is 13.1. The number of ether oxygens (including phenoxy) is 1. The smallest absolute Gasteiger partial charge is 0.255 e. The number of rotatable bonds is 5. The number of nitrogens with one attached hydrogen (secondary N) is 1. The molecule has 2 aromatic carbocycles. The van der Waals surface area contributed by atoms with E-state index in [1.54, 1.807) is 38.2 Å². The third-order valence-electron chi connectivity index (χ3n) is 5.07. The summed E-state index contributed by atoms with van der Waals surface area (Å²) in [6, 6.07) is 14.5. The molecule has 1 saturated heterocycles.